The van der Waals surface area contributed by atoms with Crippen molar-refractivity contribution in [2.45, 2.75) is 0 Å². The zero-order chi connectivity index (χ0) is 16.8. The first-order valence-corrected chi connectivity index (χ1v) is 7.31. The van der Waals surface area contributed by atoms with Crippen LogP contribution in [0, 0.1) is 11.3 Å². The average molecular weight is 347 g/mol. The first kappa shape index (κ1) is 16.9. The van der Waals surface area contributed by atoms with Crippen molar-refractivity contribution in [1.29, 1.82) is 5.26 Å². The molecule has 1 amide bonds. The molecule has 0 saturated carbocycles. The molecule has 4 nitrogen and oxygen atoms in total. The van der Waals surface area contributed by atoms with Crippen LogP contribution in [0.1, 0.15) is 5.56 Å². The smallest absolute Gasteiger partial charge is 0.266 e. The van der Waals surface area contributed by atoms with Crippen LogP contribution in [0.5, 0.6) is 5.75 Å². The Bertz CT molecular complexity index is 793. The molecule has 2 aromatic carbocycles. The summed E-state index contributed by atoms with van der Waals surface area (Å²) in [5, 5.41) is 12.9. The number of nitriles is 1. The number of hydrogen-bond acceptors (Lipinski definition) is 3. The number of rotatable bonds is 4. The number of carbonyl (C=O) groups is 1. The lowest BCUT2D eigenvalue weighted by atomic mass is 10.1. The number of hydrogen-bond donors (Lipinski definition) is 1. The Labute approximate surface area is 143 Å². The zero-order valence-electron chi connectivity index (χ0n) is 12.1. The maximum Gasteiger partial charge on any atom is 0.266 e. The van der Waals surface area contributed by atoms with E-state index in [9.17, 15) is 10.1 Å². The highest BCUT2D eigenvalue weighted by molar-refractivity contribution is 6.31. The van der Waals surface area contributed by atoms with Gasteiger partial charge in [0.2, 0.25) is 0 Å². The molecule has 0 atom stereocenters. The van der Waals surface area contributed by atoms with Crippen LogP contribution in [-0.4, -0.2) is 13.0 Å². The molecule has 6 heteroatoms. The fourth-order valence-corrected chi connectivity index (χ4v) is 2.14. The Balaban J connectivity index is 2.26. The maximum absolute atomic E-state index is 12.3. The summed E-state index contributed by atoms with van der Waals surface area (Å²) in [6.45, 7) is 0. The van der Waals surface area contributed by atoms with Gasteiger partial charge in [0.1, 0.15) is 17.4 Å². The molecule has 0 saturated heterocycles. The summed E-state index contributed by atoms with van der Waals surface area (Å²) in [7, 11) is 1.48. The predicted molar refractivity (Wildman–Crippen MR) is 91.7 cm³/mol. The topological polar surface area (TPSA) is 62.1 Å². The van der Waals surface area contributed by atoms with Crippen LogP contribution in [0.4, 0.5) is 5.69 Å². The lowest BCUT2D eigenvalue weighted by Gasteiger charge is -2.10. The molecule has 23 heavy (non-hydrogen) atoms. The Morgan fingerprint density at radius 3 is 2.43 bits per heavy atom. The number of halogens is 2. The number of nitrogens with one attached hydrogen (secondary N) is 1. The molecular formula is C17H12Cl2N2O2. The number of benzene rings is 2. The van der Waals surface area contributed by atoms with Crippen molar-refractivity contribution in [2.24, 2.45) is 0 Å². The quantitative estimate of drug-likeness (QED) is 0.652. The number of carbonyl (C=O) groups excluding carboxylic acids is 1. The van der Waals surface area contributed by atoms with Gasteiger partial charge in [-0.1, -0.05) is 35.3 Å². The molecule has 2 aromatic rings. The van der Waals surface area contributed by atoms with Crippen molar-refractivity contribution in [1.82, 2.24) is 0 Å². The standard InChI is InChI=1S/C17H12Cl2N2O2/c1-23-16-7-6-14(19)9-15(16)21-17(22)12(10-20)8-11-2-4-13(18)5-3-11/h2-9H,1H3,(H,21,22)/b12-8+. The van der Waals surface area contributed by atoms with E-state index in [2.05, 4.69) is 5.32 Å². The van der Waals surface area contributed by atoms with Gasteiger partial charge in [0.25, 0.3) is 5.91 Å². The molecule has 0 unspecified atom stereocenters. The molecular weight excluding hydrogens is 335 g/mol. The number of methoxy groups -OCH3 is 1. The highest BCUT2D eigenvalue weighted by atomic mass is 35.5. The lowest BCUT2D eigenvalue weighted by Crippen LogP contribution is -2.14. The van der Waals surface area contributed by atoms with E-state index in [4.69, 9.17) is 27.9 Å². The van der Waals surface area contributed by atoms with Crippen molar-refractivity contribution in [3.63, 3.8) is 0 Å². The van der Waals surface area contributed by atoms with Gasteiger partial charge >= 0.3 is 0 Å². The largest absolute Gasteiger partial charge is 0.495 e. The van der Waals surface area contributed by atoms with Gasteiger partial charge < -0.3 is 10.1 Å². The van der Waals surface area contributed by atoms with Gasteiger partial charge in [-0.25, -0.2) is 0 Å². The number of amides is 1. The van der Waals surface area contributed by atoms with E-state index in [0.717, 1.165) is 0 Å². The second-order valence-electron chi connectivity index (χ2n) is 4.52. The van der Waals surface area contributed by atoms with E-state index < -0.39 is 5.91 Å². The molecule has 0 radical (unpaired) electrons. The van der Waals surface area contributed by atoms with Gasteiger partial charge in [-0.15, -0.1) is 0 Å². The van der Waals surface area contributed by atoms with Crippen molar-refractivity contribution >= 4 is 40.9 Å². The maximum atomic E-state index is 12.3. The lowest BCUT2D eigenvalue weighted by molar-refractivity contribution is -0.112. The van der Waals surface area contributed by atoms with E-state index in [-0.39, 0.29) is 5.57 Å². The van der Waals surface area contributed by atoms with Gasteiger partial charge in [-0.2, -0.15) is 5.26 Å². The summed E-state index contributed by atoms with van der Waals surface area (Å²) in [5.74, 6) is -0.102. The predicted octanol–water partition coefficient (Wildman–Crippen LogP) is 4.55. The van der Waals surface area contributed by atoms with Crippen LogP contribution in [-0.2, 0) is 4.79 Å². The van der Waals surface area contributed by atoms with Gasteiger partial charge in [0, 0.05) is 10.0 Å². The summed E-state index contributed by atoms with van der Waals surface area (Å²) in [5.41, 5.74) is 1.04. The Morgan fingerprint density at radius 2 is 1.83 bits per heavy atom. The van der Waals surface area contributed by atoms with Crippen LogP contribution >= 0.6 is 23.2 Å². The van der Waals surface area contributed by atoms with Crippen LogP contribution < -0.4 is 10.1 Å². The summed E-state index contributed by atoms with van der Waals surface area (Å²) < 4.78 is 5.16. The highest BCUT2D eigenvalue weighted by Gasteiger charge is 2.13. The molecule has 0 fully saturated rings. The molecule has 0 aliphatic heterocycles. The highest BCUT2D eigenvalue weighted by Crippen LogP contribution is 2.28. The van der Waals surface area contributed by atoms with Crippen molar-refractivity contribution in [3.05, 3.63) is 63.6 Å². The van der Waals surface area contributed by atoms with Crippen LogP contribution in [0.25, 0.3) is 6.08 Å². The summed E-state index contributed by atoms with van der Waals surface area (Å²) in [6.07, 6.45) is 1.47. The molecule has 0 aliphatic carbocycles. The van der Waals surface area contributed by atoms with Gasteiger partial charge in [-0.3, -0.25) is 4.79 Å². The number of anilines is 1. The molecule has 0 bridgehead atoms. The summed E-state index contributed by atoms with van der Waals surface area (Å²) in [6, 6.07) is 13.5. The van der Waals surface area contributed by atoms with Gasteiger partial charge in [0.05, 0.1) is 12.8 Å². The third-order valence-electron chi connectivity index (χ3n) is 2.96. The fraction of sp³-hybridized carbons (Fsp3) is 0.0588. The fourth-order valence-electron chi connectivity index (χ4n) is 1.84. The first-order chi connectivity index (χ1) is 11.0. The minimum Gasteiger partial charge on any atom is -0.495 e. The average Bonchev–Trinajstić information content (AvgIpc) is 2.54. The van der Waals surface area contributed by atoms with E-state index in [1.165, 1.54) is 13.2 Å². The van der Waals surface area contributed by atoms with E-state index in [1.54, 1.807) is 42.5 Å². The molecule has 116 valence electrons. The molecule has 2 rings (SSSR count). The Hall–Kier alpha value is -2.48. The SMILES string of the molecule is COc1ccc(Cl)cc1NC(=O)/C(C#N)=C/c1ccc(Cl)cc1. The second-order valence-corrected chi connectivity index (χ2v) is 5.39. The zero-order valence-corrected chi connectivity index (χ0v) is 13.7. The molecule has 1 N–H and O–H groups in total. The van der Waals surface area contributed by atoms with E-state index in [0.29, 0.717) is 27.0 Å². The monoisotopic (exact) mass is 346 g/mol. The van der Waals surface area contributed by atoms with Crippen molar-refractivity contribution in [2.75, 3.05) is 12.4 Å². The van der Waals surface area contributed by atoms with Crippen LogP contribution in [0.3, 0.4) is 0 Å². The number of ether oxygens (including phenoxy) is 1. The van der Waals surface area contributed by atoms with Gasteiger partial charge in [0.15, 0.2) is 0 Å². The van der Waals surface area contributed by atoms with E-state index in [1.807, 2.05) is 6.07 Å². The van der Waals surface area contributed by atoms with Crippen LogP contribution in [0.2, 0.25) is 10.0 Å². The van der Waals surface area contributed by atoms with Crippen LogP contribution in [0.15, 0.2) is 48.0 Å². The molecule has 0 aromatic heterocycles. The minimum atomic E-state index is -0.553. The minimum absolute atomic E-state index is 0.0469. The Morgan fingerprint density at radius 1 is 1.17 bits per heavy atom. The van der Waals surface area contributed by atoms with Crippen molar-refractivity contribution in [3.8, 4) is 11.8 Å². The second kappa shape index (κ2) is 7.68. The third kappa shape index (κ3) is 4.49. The normalized spacial score (nSPS) is 10.8. The summed E-state index contributed by atoms with van der Waals surface area (Å²) >= 11 is 11.7. The Kier molecular flexibility index (Phi) is 5.64. The first-order valence-electron chi connectivity index (χ1n) is 6.55. The van der Waals surface area contributed by atoms with Crippen molar-refractivity contribution < 1.29 is 9.53 Å². The molecule has 0 heterocycles. The third-order valence-corrected chi connectivity index (χ3v) is 3.44. The summed E-state index contributed by atoms with van der Waals surface area (Å²) in [4.78, 5) is 12.3. The van der Waals surface area contributed by atoms with E-state index >= 15 is 0 Å². The van der Waals surface area contributed by atoms with Gasteiger partial charge in [-0.05, 0) is 42.0 Å². The molecule has 0 aliphatic rings. The number of nitrogens with zero attached hydrogens (tertiary/aromatic N) is 1. The molecule has 0 spiro atoms.